The third-order valence-electron chi connectivity index (χ3n) is 5.11. The van der Waals surface area contributed by atoms with Gasteiger partial charge in [0.2, 0.25) is 0 Å². The van der Waals surface area contributed by atoms with Crippen molar-refractivity contribution in [2.45, 2.75) is 6.61 Å². The summed E-state index contributed by atoms with van der Waals surface area (Å²) in [4.78, 5) is 44.5. The van der Waals surface area contributed by atoms with Crippen molar-refractivity contribution in [2.75, 3.05) is 0 Å². The largest absolute Gasteiger partial charge is 0.487 e. The minimum atomic E-state index is -0.834. The zero-order valence-corrected chi connectivity index (χ0v) is 18.1. The molecule has 7 heteroatoms. The molecule has 3 aromatic carbocycles. The molecule has 1 aromatic heterocycles. The molecule has 33 heavy (non-hydrogen) atoms. The number of carbonyl (C=O) groups is 3. The number of carbonyl (C=O) groups excluding carboxylic acids is 3. The lowest BCUT2D eigenvalue weighted by atomic mass is 10.1. The number of nitrogens with zero attached hydrogens (tertiary/aromatic N) is 1. The Kier molecular flexibility index (Phi) is 5.46. The molecule has 5 rings (SSSR count). The molecule has 1 aliphatic rings. The maximum absolute atomic E-state index is 13.1. The van der Waals surface area contributed by atoms with Crippen LogP contribution < -0.4 is 4.74 Å². The molecule has 2 heterocycles. The summed E-state index contributed by atoms with van der Waals surface area (Å²) in [5.74, 6) is -1.85. The van der Waals surface area contributed by atoms with Crippen molar-refractivity contribution in [3.05, 3.63) is 113 Å². The Balaban J connectivity index is 1.43. The fourth-order valence-corrected chi connectivity index (χ4v) is 4.46. The molecule has 4 aromatic rings. The van der Waals surface area contributed by atoms with Gasteiger partial charge in [-0.05, 0) is 29.3 Å². The maximum Gasteiger partial charge on any atom is 0.377 e. The summed E-state index contributed by atoms with van der Waals surface area (Å²) < 4.78 is 5.95. The number of amides is 2. The highest BCUT2D eigenvalue weighted by atomic mass is 32.1. The summed E-state index contributed by atoms with van der Waals surface area (Å²) in [5, 5.41) is 0.510. The van der Waals surface area contributed by atoms with Crippen molar-refractivity contribution in [1.82, 2.24) is 5.06 Å². The van der Waals surface area contributed by atoms with E-state index in [9.17, 15) is 14.4 Å². The van der Waals surface area contributed by atoms with Gasteiger partial charge in [0, 0.05) is 4.88 Å². The lowest BCUT2D eigenvalue weighted by Crippen LogP contribution is -2.32. The quantitative estimate of drug-likeness (QED) is 0.366. The summed E-state index contributed by atoms with van der Waals surface area (Å²) in [6.45, 7) is 0.249. The van der Waals surface area contributed by atoms with E-state index in [1.165, 1.54) is 23.5 Å². The van der Waals surface area contributed by atoms with E-state index in [1.807, 2.05) is 60.7 Å². The van der Waals surface area contributed by atoms with Crippen LogP contribution in [0.15, 0.2) is 91.0 Å². The van der Waals surface area contributed by atoms with E-state index in [0.717, 1.165) is 16.0 Å². The van der Waals surface area contributed by atoms with Gasteiger partial charge in [0.15, 0.2) is 4.88 Å². The second-order valence-electron chi connectivity index (χ2n) is 7.27. The lowest BCUT2D eigenvalue weighted by molar-refractivity contribution is -0.0583. The molecule has 0 radical (unpaired) electrons. The first-order valence-electron chi connectivity index (χ1n) is 10.2. The molecule has 0 bridgehead atoms. The first-order chi connectivity index (χ1) is 16.1. The second-order valence-corrected chi connectivity index (χ2v) is 8.33. The van der Waals surface area contributed by atoms with Crippen LogP contribution in [0.5, 0.6) is 5.75 Å². The highest BCUT2D eigenvalue weighted by molar-refractivity contribution is 7.17. The number of thiophene rings is 1. The molecule has 0 spiro atoms. The maximum atomic E-state index is 13.1. The van der Waals surface area contributed by atoms with Crippen molar-refractivity contribution in [3.63, 3.8) is 0 Å². The Bertz CT molecular complexity index is 1310. The molecule has 0 saturated carbocycles. The minimum absolute atomic E-state index is 0.168. The van der Waals surface area contributed by atoms with Crippen LogP contribution in [0, 0.1) is 0 Å². The third-order valence-corrected chi connectivity index (χ3v) is 6.26. The van der Waals surface area contributed by atoms with E-state index < -0.39 is 17.8 Å². The van der Waals surface area contributed by atoms with Crippen LogP contribution in [0.2, 0.25) is 0 Å². The van der Waals surface area contributed by atoms with E-state index in [1.54, 1.807) is 18.2 Å². The Hall–Kier alpha value is -4.23. The molecule has 0 saturated heterocycles. The number of hydroxylamine groups is 2. The molecule has 0 aliphatic carbocycles. The van der Waals surface area contributed by atoms with Crippen LogP contribution in [0.3, 0.4) is 0 Å². The average molecular weight is 455 g/mol. The molecule has 6 nitrogen and oxygen atoms in total. The van der Waals surface area contributed by atoms with Gasteiger partial charge in [-0.3, -0.25) is 9.59 Å². The van der Waals surface area contributed by atoms with Gasteiger partial charge in [-0.25, -0.2) is 4.79 Å². The number of imide groups is 1. The normalized spacial score (nSPS) is 12.5. The standard InChI is InChI=1S/C26H17NO5S/c28-24-19-13-7-8-14-20(19)25(29)27(24)32-26(30)23-21(31-16-17-9-3-1-4-10-17)15-22(33-23)18-11-5-2-6-12-18/h1-15H,16H2. The summed E-state index contributed by atoms with van der Waals surface area (Å²) in [6.07, 6.45) is 0. The summed E-state index contributed by atoms with van der Waals surface area (Å²) >= 11 is 1.18. The molecular weight excluding hydrogens is 438 g/mol. The zero-order valence-electron chi connectivity index (χ0n) is 17.3. The predicted molar refractivity (Wildman–Crippen MR) is 123 cm³/mol. The average Bonchev–Trinajstić information content (AvgIpc) is 3.40. The van der Waals surface area contributed by atoms with E-state index in [4.69, 9.17) is 9.57 Å². The number of hydrogen-bond donors (Lipinski definition) is 0. The monoisotopic (exact) mass is 455 g/mol. The SMILES string of the molecule is O=C(ON1C(=O)c2ccccc2C1=O)c1sc(-c2ccccc2)cc1OCc1ccccc1. The first kappa shape index (κ1) is 20.7. The highest BCUT2D eigenvalue weighted by Gasteiger charge is 2.39. The summed E-state index contributed by atoms with van der Waals surface area (Å²) in [5.41, 5.74) is 2.25. The van der Waals surface area contributed by atoms with E-state index in [-0.39, 0.29) is 22.6 Å². The first-order valence-corrected chi connectivity index (χ1v) is 11.0. The van der Waals surface area contributed by atoms with E-state index in [0.29, 0.717) is 10.8 Å². The Morgan fingerprint density at radius 3 is 2.00 bits per heavy atom. The molecule has 0 N–H and O–H groups in total. The minimum Gasteiger partial charge on any atom is -0.487 e. The predicted octanol–water partition coefficient (Wildman–Crippen LogP) is 5.36. The van der Waals surface area contributed by atoms with Gasteiger partial charge in [-0.2, -0.15) is 0 Å². The van der Waals surface area contributed by atoms with Crippen LogP contribution in [0.1, 0.15) is 36.0 Å². The van der Waals surface area contributed by atoms with Gasteiger partial charge in [-0.1, -0.05) is 77.9 Å². The van der Waals surface area contributed by atoms with Gasteiger partial charge < -0.3 is 9.57 Å². The third kappa shape index (κ3) is 4.02. The lowest BCUT2D eigenvalue weighted by Gasteiger charge is -2.13. The smallest absolute Gasteiger partial charge is 0.377 e. The Labute approximate surface area is 193 Å². The van der Waals surface area contributed by atoms with Gasteiger partial charge in [0.1, 0.15) is 12.4 Å². The number of hydrogen-bond acceptors (Lipinski definition) is 6. The van der Waals surface area contributed by atoms with E-state index >= 15 is 0 Å². The molecule has 2 amide bonds. The second kappa shape index (κ2) is 8.72. The topological polar surface area (TPSA) is 72.9 Å². The molecule has 0 unspecified atom stereocenters. The summed E-state index contributed by atoms with van der Waals surface area (Å²) in [6, 6.07) is 27.2. The van der Waals surface area contributed by atoms with Crippen molar-refractivity contribution in [3.8, 4) is 16.2 Å². The fourth-order valence-electron chi connectivity index (χ4n) is 3.48. The highest BCUT2D eigenvalue weighted by Crippen LogP contribution is 2.38. The van der Waals surface area contributed by atoms with Crippen LogP contribution in [0.4, 0.5) is 0 Å². The fraction of sp³-hybridized carbons (Fsp3) is 0.0385. The van der Waals surface area contributed by atoms with Crippen molar-refractivity contribution >= 4 is 29.1 Å². The number of benzene rings is 3. The Morgan fingerprint density at radius 1 is 0.788 bits per heavy atom. The van der Waals surface area contributed by atoms with Crippen molar-refractivity contribution in [2.24, 2.45) is 0 Å². The zero-order chi connectivity index (χ0) is 22.8. The number of rotatable bonds is 6. The molecule has 0 atom stereocenters. The molecule has 1 aliphatic heterocycles. The van der Waals surface area contributed by atoms with Gasteiger partial charge in [0.05, 0.1) is 11.1 Å². The summed E-state index contributed by atoms with van der Waals surface area (Å²) in [7, 11) is 0. The van der Waals surface area contributed by atoms with Crippen molar-refractivity contribution < 1.29 is 24.0 Å². The van der Waals surface area contributed by atoms with Crippen LogP contribution in [-0.2, 0) is 11.4 Å². The van der Waals surface area contributed by atoms with Gasteiger partial charge in [-0.15, -0.1) is 11.3 Å². The van der Waals surface area contributed by atoms with Gasteiger partial charge in [0.25, 0.3) is 11.8 Å². The number of ether oxygens (including phenoxy) is 1. The van der Waals surface area contributed by atoms with Crippen LogP contribution in [0.25, 0.3) is 10.4 Å². The Morgan fingerprint density at radius 2 is 1.36 bits per heavy atom. The van der Waals surface area contributed by atoms with Crippen LogP contribution in [-0.4, -0.2) is 22.8 Å². The molecule has 162 valence electrons. The molecule has 0 fully saturated rings. The van der Waals surface area contributed by atoms with Crippen LogP contribution >= 0.6 is 11.3 Å². The van der Waals surface area contributed by atoms with E-state index in [2.05, 4.69) is 0 Å². The molecular formula is C26H17NO5S. The van der Waals surface area contributed by atoms with Gasteiger partial charge >= 0.3 is 5.97 Å². The van der Waals surface area contributed by atoms with Crippen molar-refractivity contribution in [1.29, 1.82) is 0 Å². The number of fused-ring (bicyclic) bond motifs is 1.